The van der Waals surface area contributed by atoms with Crippen LogP contribution in [0, 0.1) is 0 Å². The Morgan fingerprint density at radius 2 is 2.19 bits per heavy atom. The highest BCUT2D eigenvalue weighted by Gasteiger charge is 2.27. The molecular weight excluding hydrogens is 264 g/mol. The summed E-state index contributed by atoms with van der Waals surface area (Å²) in [5, 5.41) is 3.10. The zero-order valence-corrected chi connectivity index (χ0v) is 13.2. The predicted molar refractivity (Wildman–Crippen MR) is 84.3 cm³/mol. The lowest BCUT2D eigenvalue weighted by molar-refractivity contribution is -0.121. The van der Waals surface area contributed by atoms with E-state index < -0.39 is 0 Å². The van der Waals surface area contributed by atoms with Gasteiger partial charge in [0.25, 0.3) is 0 Å². The topological polar surface area (TPSA) is 64.3 Å². The number of aryl methyl sites for hydroxylation is 1. The highest BCUT2D eigenvalue weighted by molar-refractivity contribution is 5.76. The van der Waals surface area contributed by atoms with Gasteiger partial charge in [0.1, 0.15) is 5.75 Å². The van der Waals surface area contributed by atoms with Crippen LogP contribution in [0.3, 0.4) is 0 Å². The lowest BCUT2D eigenvalue weighted by Crippen LogP contribution is -2.32. The van der Waals surface area contributed by atoms with Gasteiger partial charge in [-0.25, -0.2) is 0 Å². The van der Waals surface area contributed by atoms with E-state index >= 15 is 0 Å². The molecule has 2 unspecified atom stereocenters. The summed E-state index contributed by atoms with van der Waals surface area (Å²) < 4.78 is 5.89. The minimum atomic E-state index is -0.0223. The molecule has 1 aliphatic heterocycles. The van der Waals surface area contributed by atoms with Crippen LogP contribution in [-0.4, -0.2) is 12.5 Å². The van der Waals surface area contributed by atoms with Crippen LogP contribution in [0.1, 0.15) is 68.8 Å². The lowest BCUT2D eigenvalue weighted by atomic mass is 9.91. The zero-order valence-electron chi connectivity index (χ0n) is 13.2. The van der Waals surface area contributed by atoms with Gasteiger partial charge < -0.3 is 15.8 Å². The molecule has 116 valence electrons. The van der Waals surface area contributed by atoms with Crippen LogP contribution in [-0.2, 0) is 11.2 Å². The van der Waals surface area contributed by atoms with Gasteiger partial charge in [-0.15, -0.1) is 0 Å². The largest absolute Gasteiger partial charge is 0.493 e. The molecule has 3 N–H and O–H groups in total. The Balaban J connectivity index is 2.44. The molecule has 21 heavy (non-hydrogen) atoms. The monoisotopic (exact) mass is 290 g/mol. The number of ether oxygens (including phenoxy) is 1. The standard InChI is InChI=1S/C17H26N2O2/c1-4-11-9-12(14(18)5-2)17-13(10-11)15(7-8-21-17)19-16(20)6-3/h9-10,14-15H,4-8,18H2,1-3H3,(H,19,20). The van der Waals surface area contributed by atoms with Crippen molar-refractivity contribution in [3.8, 4) is 5.75 Å². The van der Waals surface area contributed by atoms with Crippen molar-refractivity contribution in [1.29, 1.82) is 0 Å². The summed E-state index contributed by atoms with van der Waals surface area (Å²) in [6.07, 6.45) is 3.13. The molecular formula is C17H26N2O2. The van der Waals surface area contributed by atoms with Crippen molar-refractivity contribution in [2.24, 2.45) is 5.73 Å². The van der Waals surface area contributed by atoms with Gasteiger partial charge in [0, 0.05) is 30.0 Å². The molecule has 4 heteroatoms. The van der Waals surface area contributed by atoms with E-state index in [1.807, 2.05) is 6.92 Å². The molecule has 0 fully saturated rings. The van der Waals surface area contributed by atoms with Crippen LogP contribution in [0.15, 0.2) is 12.1 Å². The summed E-state index contributed by atoms with van der Waals surface area (Å²) in [7, 11) is 0. The molecule has 0 saturated carbocycles. The average molecular weight is 290 g/mol. The van der Waals surface area contributed by atoms with Crippen LogP contribution < -0.4 is 15.8 Å². The minimum absolute atomic E-state index is 0.0223. The van der Waals surface area contributed by atoms with Crippen molar-refractivity contribution in [1.82, 2.24) is 5.32 Å². The van der Waals surface area contributed by atoms with Crippen molar-refractivity contribution in [2.75, 3.05) is 6.61 Å². The van der Waals surface area contributed by atoms with Crippen molar-refractivity contribution in [3.05, 3.63) is 28.8 Å². The minimum Gasteiger partial charge on any atom is -0.493 e. The summed E-state index contributed by atoms with van der Waals surface area (Å²) in [5.74, 6) is 0.963. The van der Waals surface area contributed by atoms with Crippen LogP contribution in [0.25, 0.3) is 0 Å². The van der Waals surface area contributed by atoms with E-state index in [-0.39, 0.29) is 18.0 Å². The maximum atomic E-state index is 11.7. The van der Waals surface area contributed by atoms with E-state index in [0.717, 1.165) is 36.1 Å². The number of nitrogens with two attached hydrogens (primary N) is 1. The quantitative estimate of drug-likeness (QED) is 0.876. The number of nitrogens with one attached hydrogen (secondary N) is 1. The Labute approximate surface area is 127 Å². The number of hydrogen-bond acceptors (Lipinski definition) is 3. The van der Waals surface area contributed by atoms with E-state index in [9.17, 15) is 4.79 Å². The Kier molecular flexibility index (Phi) is 5.23. The first kappa shape index (κ1) is 15.8. The SMILES string of the molecule is CCC(=O)NC1CCOc2c(C(N)CC)cc(CC)cc21. The normalized spacial score (nSPS) is 18.6. The number of fused-ring (bicyclic) bond motifs is 1. The highest BCUT2D eigenvalue weighted by atomic mass is 16.5. The Bertz CT molecular complexity index is 514. The van der Waals surface area contributed by atoms with Crippen LogP contribution in [0.2, 0.25) is 0 Å². The average Bonchev–Trinajstić information content (AvgIpc) is 2.53. The molecule has 0 saturated heterocycles. The van der Waals surface area contributed by atoms with E-state index in [0.29, 0.717) is 13.0 Å². The molecule has 4 nitrogen and oxygen atoms in total. The third-order valence-electron chi connectivity index (χ3n) is 4.14. The van der Waals surface area contributed by atoms with Crippen molar-refractivity contribution < 1.29 is 9.53 Å². The van der Waals surface area contributed by atoms with Gasteiger partial charge in [0.15, 0.2) is 0 Å². The molecule has 2 rings (SSSR count). The van der Waals surface area contributed by atoms with Crippen LogP contribution >= 0.6 is 0 Å². The van der Waals surface area contributed by atoms with Gasteiger partial charge in [0.05, 0.1) is 12.6 Å². The fourth-order valence-corrected chi connectivity index (χ4v) is 2.74. The van der Waals surface area contributed by atoms with Crippen molar-refractivity contribution >= 4 is 5.91 Å². The Morgan fingerprint density at radius 3 is 2.81 bits per heavy atom. The second-order valence-corrected chi connectivity index (χ2v) is 5.58. The summed E-state index contributed by atoms with van der Waals surface area (Å²) in [5.41, 5.74) is 9.65. The molecule has 1 aromatic rings. The summed E-state index contributed by atoms with van der Waals surface area (Å²) in [6, 6.07) is 4.32. The number of rotatable bonds is 5. The van der Waals surface area contributed by atoms with Gasteiger partial charge >= 0.3 is 0 Å². The van der Waals surface area contributed by atoms with Gasteiger partial charge in [-0.3, -0.25) is 4.79 Å². The number of carbonyl (C=O) groups is 1. The van der Waals surface area contributed by atoms with E-state index in [1.54, 1.807) is 0 Å². The first-order valence-corrected chi connectivity index (χ1v) is 7.95. The molecule has 0 spiro atoms. The van der Waals surface area contributed by atoms with Gasteiger partial charge in [-0.1, -0.05) is 32.9 Å². The van der Waals surface area contributed by atoms with Crippen LogP contribution in [0.5, 0.6) is 5.75 Å². The molecule has 0 bridgehead atoms. The summed E-state index contributed by atoms with van der Waals surface area (Å²) in [4.78, 5) is 11.7. The molecule has 1 aliphatic rings. The second-order valence-electron chi connectivity index (χ2n) is 5.58. The Hall–Kier alpha value is -1.55. The Morgan fingerprint density at radius 1 is 1.43 bits per heavy atom. The van der Waals surface area contributed by atoms with Crippen molar-refractivity contribution in [3.63, 3.8) is 0 Å². The third-order valence-corrected chi connectivity index (χ3v) is 4.14. The second kappa shape index (κ2) is 6.94. The zero-order chi connectivity index (χ0) is 15.4. The maximum absolute atomic E-state index is 11.7. The van der Waals surface area contributed by atoms with Gasteiger partial charge in [-0.2, -0.15) is 0 Å². The highest BCUT2D eigenvalue weighted by Crippen LogP contribution is 2.39. The molecule has 1 amide bonds. The molecule has 0 aliphatic carbocycles. The summed E-state index contributed by atoms with van der Waals surface area (Å²) in [6.45, 7) is 6.70. The van der Waals surface area contributed by atoms with E-state index in [2.05, 4.69) is 31.3 Å². The fourth-order valence-electron chi connectivity index (χ4n) is 2.74. The van der Waals surface area contributed by atoms with E-state index in [4.69, 9.17) is 10.5 Å². The first-order chi connectivity index (χ1) is 10.1. The van der Waals surface area contributed by atoms with E-state index in [1.165, 1.54) is 5.56 Å². The predicted octanol–water partition coefficient (Wildman–Crippen LogP) is 3.01. The fraction of sp³-hybridized carbons (Fsp3) is 0.588. The molecule has 1 aromatic carbocycles. The summed E-state index contributed by atoms with van der Waals surface area (Å²) >= 11 is 0. The van der Waals surface area contributed by atoms with Gasteiger partial charge in [-0.05, 0) is 18.4 Å². The smallest absolute Gasteiger partial charge is 0.220 e. The third kappa shape index (κ3) is 3.38. The number of hydrogen-bond donors (Lipinski definition) is 2. The lowest BCUT2D eigenvalue weighted by Gasteiger charge is -2.30. The molecule has 0 radical (unpaired) electrons. The first-order valence-electron chi connectivity index (χ1n) is 7.95. The maximum Gasteiger partial charge on any atom is 0.220 e. The molecule has 1 heterocycles. The van der Waals surface area contributed by atoms with Crippen LogP contribution in [0.4, 0.5) is 0 Å². The van der Waals surface area contributed by atoms with Crippen molar-refractivity contribution in [2.45, 2.75) is 58.5 Å². The molecule has 2 atom stereocenters. The molecule has 0 aromatic heterocycles. The number of carbonyl (C=O) groups excluding carboxylic acids is 1. The number of benzene rings is 1. The van der Waals surface area contributed by atoms with Gasteiger partial charge in [0.2, 0.25) is 5.91 Å². The number of amides is 1.